The highest BCUT2D eigenvalue weighted by atomic mass is 16.6. The summed E-state index contributed by atoms with van der Waals surface area (Å²) in [6, 6.07) is 11.3. The van der Waals surface area contributed by atoms with E-state index in [1.54, 1.807) is 17.0 Å². The maximum Gasteiger partial charge on any atom is 0.410 e. The smallest absolute Gasteiger partial charge is 0.410 e. The van der Waals surface area contributed by atoms with Gasteiger partial charge in [0.25, 0.3) is 5.91 Å². The Morgan fingerprint density at radius 3 is 2.69 bits per heavy atom. The normalized spacial score (nSPS) is 19.1. The molecule has 9 heteroatoms. The molecule has 0 bridgehead atoms. The number of benzene rings is 1. The number of nitrogens with zero attached hydrogens (tertiary/aromatic N) is 2. The van der Waals surface area contributed by atoms with Gasteiger partial charge in [0.1, 0.15) is 6.10 Å². The molecule has 0 spiro atoms. The standard InChI is InChI=1S/C26H34N4O5/c1-17(2)34-26(33)30-11-8-21(9-12-30)35-24-14-19(7-10-27-24)25(32)29-16-23(31)22-13-18-5-3-4-6-20(18)15-28-22/h3-7,10,14,17,21-23,28,31H,8-9,11-13,15-16H2,1-2H3,(H,29,32). The highest BCUT2D eigenvalue weighted by Gasteiger charge is 2.27. The number of aliphatic hydroxyl groups is 1. The summed E-state index contributed by atoms with van der Waals surface area (Å²) < 4.78 is 11.2. The Morgan fingerprint density at radius 2 is 1.94 bits per heavy atom. The van der Waals surface area contributed by atoms with Crippen LogP contribution in [0.3, 0.4) is 0 Å². The fourth-order valence-electron chi connectivity index (χ4n) is 4.41. The number of carbonyl (C=O) groups excluding carboxylic acids is 2. The van der Waals surface area contributed by atoms with Crippen molar-refractivity contribution in [3.8, 4) is 5.88 Å². The number of hydrogen-bond donors (Lipinski definition) is 3. The molecule has 0 aliphatic carbocycles. The topological polar surface area (TPSA) is 113 Å². The minimum atomic E-state index is -0.711. The van der Waals surface area contributed by atoms with Crippen molar-refractivity contribution >= 4 is 12.0 Å². The van der Waals surface area contributed by atoms with Crippen LogP contribution in [-0.2, 0) is 17.7 Å². The second-order valence-electron chi connectivity index (χ2n) is 9.36. The van der Waals surface area contributed by atoms with Gasteiger partial charge in [-0.05, 0) is 37.5 Å². The third kappa shape index (κ3) is 6.70. The fourth-order valence-corrected chi connectivity index (χ4v) is 4.41. The Morgan fingerprint density at radius 1 is 1.20 bits per heavy atom. The average molecular weight is 483 g/mol. The first-order valence-electron chi connectivity index (χ1n) is 12.2. The molecule has 3 N–H and O–H groups in total. The van der Waals surface area contributed by atoms with E-state index in [1.165, 1.54) is 17.3 Å². The second kappa shape index (κ2) is 11.5. The van der Waals surface area contributed by atoms with Crippen LogP contribution in [0.5, 0.6) is 5.88 Å². The van der Waals surface area contributed by atoms with E-state index in [4.69, 9.17) is 9.47 Å². The van der Waals surface area contributed by atoms with E-state index in [0.29, 0.717) is 50.3 Å². The third-order valence-corrected chi connectivity index (χ3v) is 6.37. The zero-order chi connectivity index (χ0) is 24.8. The number of pyridine rings is 1. The number of piperidine rings is 1. The summed E-state index contributed by atoms with van der Waals surface area (Å²) in [7, 11) is 0. The third-order valence-electron chi connectivity index (χ3n) is 6.37. The summed E-state index contributed by atoms with van der Waals surface area (Å²) in [5.74, 6) is 0.0747. The summed E-state index contributed by atoms with van der Waals surface area (Å²) in [6.07, 6.45) is 2.33. The van der Waals surface area contributed by atoms with Crippen molar-refractivity contribution in [3.63, 3.8) is 0 Å². The molecule has 2 amide bonds. The monoisotopic (exact) mass is 482 g/mol. The van der Waals surface area contributed by atoms with Crippen LogP contribution in [-0.4, -0.2) is 71.0 Å². The van der Waals surface area contributed by atoms with Crippen molar-refractivity contribution in [1.29, 1.82) is 0 Å². The summed E-state index contributed by atoms with van der Waals surface area (Å²) in [6.45, 7) is 5.60. The molecule has 0 saturated carbocycles. The van der Waals surface area contributed by atoms with E-state index in [1.807, 2.05) is 26.0 Å². The van der Waals surface area contributed by atoms with Gasteiger partial charge in [0.15, 0.2) is 0 Å². The molecule has 1 aromatic carbocycles. The highest BCUT2D eigenvalue weighted by molar-refractivity contribution is 5.94. The Bertz CT molecular complexity index is 1020. The summed E-state index contributed by atoms with van der Waals surface area (Å²) in [4.78, 5) is 30.7. The van der Waals surface area contributed by atoms with Gasteiger partial charge < -0.3 is 30.1 Å². The van der Waals surface area contributed by atoms with Crippen LogP contribution >= 0.6 is 0 Å². The van der Waals surface area contributed by atoms with Crippen LogP contribution in [0, 0.1) is 0 Å². The van der Waals surface area contributed by atoms with Gasteiger partial charge in [-0.2, -0.15) is 0 Å². The molecule has 2 atom stereocenters. The zero-order valence-electron chi connectivity index (χ0n) is 20.3. The molecule has 4 rings (SSSR count). The number of aromatic nitrogens is 1. The van der Waals surface area contributed by atoms with Gasteiger partial charge in [0.2, 0.25) is 5.88 Å². The van der Waals surface area contributed by atoms with Crippen molar-refractivity contribution in [2.75, 3.05) is 19.6 Å². The van der Waals surface area contributed by atoms with Gasteiger partial charge in [-0.25, -0.2) is 9.78 Å². The lowest BCUT2D eigenvalue weighted by molar-refractivity contribution is 0.0506. The van der Waals surface area contributed by atoms with E-state index in [2.05, 4.69) is 27.8 Å². The molecule has 188 valence electrons. The Kier molecular flexibility index (Phi) is 8.20. The molecule has 1 aromatic heterocycles. The number of nitrogens with one attached hydrogen (secondary N) is 2. The van der Waals surface area contributed by atoms with Crippen LogP contribution < -0.4 is 15.4 Å². The van der Waals surface area contributed by atoms with Gasteiger partial charge in [0, 0.05) is 62.9 Å². The summed E-state index contributed by atoms with van der Waals surface area (Å²) in [5.41, 5.74) is 2.88. The molecule has 9 nitrogen and oxygen atoms in total. The van der Waals surface area contributed by atoms with Crippen LogP contribution in [0.1, 0.15) is 48.2 Å². The van der Waals surface area contributed by atoms with Crippen molar-refractivity contribution in [2.24, 2.45) is 0 Å². The highest BCUT2D eigenvalue weighted by Crippen LogP contribution is 2.20. The maximum atomic E-state index is 12.7. The van der Waals surface area contributed by atoms with Crippen LogP contribution in [0.25, 0.3) is 0 Å². The molecule has 2 aliphatic heterocycles. The van der Waals surface area contributed by atoms with Crippen LogP contribution in [0.4, 0.5) is 4.79 Å². The van der Waals surface area contributed by atoms with Crippen LogP contribution in [0.15, 0.2) is 42.6 Å². The number of rotatable bonds is 7. The first kappa shape index (κ1) is 24.9. The minimum absolute atomic E-state index is 0.0917. The molecule has 0 radical (unpaired) electrons. The summed E-state index contributed by atoms with van der Waals surface area (Å²) >= 11 is 0. The maximum absolute atomic E-state index is 12.7. The lowest BCUT2D eigenvalue weighted by Gasteiger charge is -2.31. The molecule has 3 heterocycles. The number of amides is 2. The van der Waals surface area contributed by atoms with E-state index in [9.17, 15) is 14.7 Å². The fraction of sp³-hybridized carbons (Fsp3) is 0.500. The van der Waals surface area contributed by atoms with Crippen molar-refractivity contribution in [2.45, 2.75) is 64.0 Å². The van der Waals surface area contributed by atoms with E-state index in [-0.39, 0.29) is 36.8 Å². The van der Waals surface area contributed by atoms with Crippen molar-refractivity contribution < 1.29 is 24.2 Å². The number of likely N-dealkylation sites (tertiary alicyclic amines) is 1. The van der Waals surface area contributed by atoms with Crippen molar-refractivity contribution in [3.05, 3.63) is 59.3 Å². The average Bonchev–Trinajstić information content (AvgIpc) is 2.87. The molecular weight excluding hydrogens is 448 g/mol. The van der Waals surface area contributed by atoms with Gasteiger partial charge in [0.05, 0.1) is 12.2 Å². The van der Waals surface area contributed by atoms with Crippen LogP contribution in [0.2, 0.25) is 0 Å². The van der Waals surface area contributed by atoms with Gasteiger partial charge in [-0.15, -0.1) is 0 Å². The minimum Gasteiger partial charge on any atom is -0.474 e. The van der Waals surface area contributed by atoms with E-state index >= 15 is 0 Å². The molecule has 35 heavy (non-hydrogen) atoms. The molecule has 1 saturated heterocycles. The predicted octanol–water partition coefficient (Wildman–Crippen LogP) is 2.27. The van der Waals surface area contributed by atoms with E-state index < -0.39 is 6.10 Å². The lowest BCUT2D eigenvalue weighted by Crippen LogP contribution is -2.49. The number of fused-ring (bicyclic) bond motifs is 1. The van der Waals surface area contributed by atoms with Gasteiger partial charge in [-0.3, -0.25) is 4.79 Å². The quantitative estimate of drug-likeness (QED) is 0.555. The predicted molar refractivity (Wildman–Crippen MR) is 130 cm³/mol. The largest absolute Gasteiger partial charge is 0.474 e. The first-order chi connectivity index (χ1) is 16.9. The molecular formula is C26H34N4O5. The molecule has 2 unspecified atom stereocenters. The van der Waals surface area contributed by atoms with Gasteiger partial charge >= 0.3 is 6.09 Å². The molecule has 1 fully saturated rings. The first-order valence-corrected chi connectivity index (χ1v) is 12.2. The number of carbonyl (C=O) groups is 2. The van der Waals surface area contributed by atoms with Gasteiger partial charge in [-0.1, -0.05) is 24.3 Å². The number of aliphatic hydroxyl groups excluding tert-OH is 1. The Balaban J connectivity index is 1.24. The SMILES string of the molecule is CC(C)OC(=O)N1CCC(Oc2cc(C(=O)NCC(O)C3Cc4ccccc4CN3)ccn2)CC1. The summed E-state index contributed by atoms with van der Waals surface area (Å²) in [5, 5.41) is 16.8. The molecule has 2 aromatic rings. The number of hydrogen-bond acceptors (Lipinski definition) is 7. The Hall–Kier alpha value is -3.17. The lowest BCUT2D eigenvalue weighted by atomic mass is 9.93. The number of ether oxygens (including phenoxy) is 2. The molecule has 2 aliphatic rings. The second-order valence-corrected chi connectivity index (χ2v) is 9.36. The Labute approximate surface area is 205 Å². The zero-order valence-corrected chi connectivity index (χ0v) is 20.3. The van der Waals surface area contributed by atoms with Crippen molar-refractivity contribution in [1.82, 2.24) is 20.5 Å². The van der Waals surface area contributed by atoms with E-state index in [0.717, 1.165) is 0 Å².